The van der Waals surface area contributed by atoms with Gasteiger partial charge < -0.3 is 19.9 Å². The first-order valence-corrected chi connectivity index (χ1v) is 7.43. The van der Waals surface area contributed by atoms with Crippen LogP contribution in [-0.4, -0.2) is 74.8 Å². The van der Waals surface area contributed by atoms with Gasteiger partial charge in [0.15, 0.2) is 0 Å². The van der Waals surface area contributed by atoms with Gasteiger partial charge in [-0.1, -0.05) is 0 Å². The van der Waals surface area contributed by atoms with E-state index in [1.807, 2.05) is 6.92 Å². The molecule has 112 valence electrons. The van der Waals surface area contributed by atoms with Crippen molar-refractivity contribution in [3.63, 3.8) is 0 Å². The number of fused-ring (bicyclic) bond motifs is 1. The average molecular weight is 272 g/mol. The fraction of sp³-hybridized carbons (Fsp3) is 1.00. The molecule has 0 radical (unpaired) electrons. The van der Waals surface area contributed by atoms with Gasteiger partial charge in [0.2, 0.25) is 0 Å². The van der Waals surface area contributed by atoms with E-state index in [1.165, 1.54) is 12.8 Å². The van der Waals surface area contributed by atoms with Crippen molar-refractivity contribution in [3.8, 4) is 0 Å². The summed E-state index contributed by atoms with van der Waals surface area (Å²) < 4.78 is 10.6. The van der Waals surface area contributed by atoms with Crippen molar-refractivity contribution in [2.24, 2.45) is 5.92 Å². The zero-order chi connectivity index (χ0) is 13.7. The molecule has 0 saturated carbocycles. The number of hydrogen-bond donors (Lipinski definition) is 2. The van der Waals surface area contributed by atoms with Crippen LogP contribution >= 0.6 is 0 Å². The van der Waals surface area contributed by atoms with Crippen molar-refractivity contribution in [1.29, 1.82) is 0 Å². The molecular formula is C14H28N2O3. The third-order valence-electron chi connectivity index (χ3n) is 4.12. The molecule has 2 fully saturated rings. The lowest BCUT2D eigenvalue weighted by Crippen LogP contribution is -2.41. The number of nitrogens with one attached hydrogen (secondary N) is 1. The topological polar surface area (TPSA) is 54.0 Å². The molecule has 2 aliphatic heterocycles. The number of hydrogen-bond acceptors (Lipinski definition) is 5. The first kappa shape index (κ1) is 15.2. The van der Waals surface area contributed by atoms with Gasteiger partial charge in [-0.15, -0.1) is 0 Å². The standard InChI is InChI=1S/C14H28N2O3/c1-11(9-18-2)19-10-13(17)7-16-6-12-4-3-5-15-14(12)8-16/h11-15,17H,3-10H2,1-2H3. The Morgan fingerprint density at radius 3 is 2.95 bits per heavy atom. The minimum atomic E-state index is -0.403. The maximum atomic E-state index is 10.0. The fourth-order valence-electron chi connectivity index (χ4n) is 3.19. The highest BCUT2D eigenvalue weighted by Gasteiger charge is 2.34. The van der Waals surface area contributed by atoms with Gasteiger partial charge in [-0.3, -0.25) is 4.90 Å². The molecule has 2 N–H and O–H groups in total. The number of aliphatic hydroxyl groups is 1. The Hall–Kier alpha value is -0.200. The molecule has 2 heterocycles. The number of nitrogens with zero attached hydrogens (tertiary/aromatic N) is 1. The van der Waals surface area contributed by atoms with E-state index in [4.69, 9.17) is 9.47 Å². The zero-order valence-corrected chi connectivity index (χ0v) is 12.2. The molecule has 0 aromatic carbocycles. The van der Waals surface area contributed by atoms with E-state index in [0.717, 1.165) is 25.6 Å². The molecular weight excluding hydrogens is 244 g/mol. The molecule has 2 aliphatic rings. The van der Waals surface area contributed by atoms with Crippen LogP contribution in [0.15, 0.2) is 0 Å². The van der Waals surface area contributed by atoms with Crippen LogP contribution in [0.4, 0.5) is 0 Å². The van der Waals surface area contributed by atoms with Crippen molar-refractivity contribution in [1.82, 2.24) is 10.2 Å². The Morgan fingerprint density at radius 2 is 2.21 bits per heavy atom. The van der Waals surface area contributed by atoms with Crippen molar-refractivity contribution < 1.29 is 14.6 Å². The average Bonchev–Trinajstić information content (AvgIpc) is 2.78. The molecule has 0 aromatic heterocycles. The Kier molecular flexibility index (Phi) is 6.04. The number of methoxy groups -OCH3 is 1. The third-order valence-corrected chi connectivity index (χ3v) is 4.12. The fourth-order valence-corrected chi connectivity index (χ4v) is 3.19. The maximum Gasteiger partial charge on any atom is 0.0900 e. The largest absolute Gasteiger partial charge is 0.389 e. The lowest BCUT2D eigenvalue weighted by molar-refractivity contribution is -0.0384. The quantitative estimate of drug-likeness (QED) is 0.687. The second-order valence-corrected chi connectivity index (χ2v) is 5.93. The number of β-amino-alcohol motifs (C(OH)–C–C–N with tert-alkyl or cyclic N) is 1. The Morgan fingerprint density at radius 1 is 1.37 bits per heavy atom. The van der Waals surface area contributed by atoms with Crippen LogP contribution in [0.2, 0.25) is 0 Å². The zero-order valence-electron chi connectivity index (χ0n) is 12.2. The summed E-state index contributed by atoms with van der Waals surface area (Å²) in [6, 6.07) is 0.634. The number of piperidine rings is 1. The Labute approximate surface area is 116 Å². The summed E-state index contributed by atoms with van der Waals surface area (Å²) in [6.07, 6.45) is 2.25. The van der Waals surface area contributed by atoms with Gasteiger partial charge in [-0.05, 0) is 32.2 Å². The van der Waals surface area contributed by atoms with Crippen molar-refractivity contribution >= 4 is 0 Å². The van der Waals surface area contributed by atoms with E-state index in [-0.39, 0.29) is 6.10 Å². The first-order valence-electron chi connectivity index (χ1n) is 7.43. The minimum absolute atomic E-state index is 0.0440. The van der Waals surface area contributed by atoms with E-state index >= 15 is 0 Å². The van der Waals surface area contributed by atoms with Crippen LogP contribution in [0.5, 0.6) is 0 Å². The van der Waals surface area contributed by atoms with E-state index in [0.29, 0.717) is 25.8 Å². The van der Waals surface area contributed by atoms with Crippen LogP contribution in [-0.2, 0) is 9.47 Å². The summed E-state index contributed by atoms with van der Waals surface area (Å²) in [7, 11) is 1.66. The highest BCUT2D eigenvalue weighted by atomic mass is 16.5. The van der Waals surface area contributed by atoms with E-state index in [2.05, 4.69) is 10.2 Å². The molecule has 0 bridgehead atoms. The van der Waals surface area contributed by atoms with E-state index in [1.54, 1.807) is 7.11 Å². The van der Waals surface area contributed by atoms with Gasteiger partial charge >= 0.3 is 0 Å². The summed E-state index contributed by atoms with van der Waals surface area (Å²) in [5.41, 5.74) is 0. The van der Waals surface area contributed by atoms with Gasteiger partial charge in [0.05, 0.1) is 25.4 Å². The molecule has 2 rings (SSSR count). The summed E-state index contributed by atoms with van der Waals surface area (Å²) in [4.78, 5) is 2.36. The molecule has 2 saturated heterocycles. The van der Waals surface area contributed by atoms with Gasteiger partial charge in [0.1, 0.15) is 0 Å². The molecule has 5 nitrogen and oxygen atoms in total. The van der Waals surface area contributed by atoms with Gasteiger partial charge in [0, 0.05) is 32.8 Å². The molecule has 4 unspecified atom stereocenters. The van der Waals surface area contributed by atoms with Crippen LogP contribution < -0.4 is 5.32 Å². The smallest absolute Gasteiger partial charge is 0.0900 e. The predicted octanol–water partition coefficient (Wildman–Crippen LogP) is 0.0826. The van der Waals surface area contributed by atoms with Gasteiger partial charge in [-0.2, -0.15) is 0 Å². The minimum Gasteiger partial charge on any atom is -0.389 e. The van der Waals surface area contributed by atoms with Crippen molar-refractivity contribution in [3.05, 3.63) is 0 Å². The molecule has 19 heavy (non-hydrogen) atoms. The highest BCUT2D eigenvalue weighted by molar-refractivity contribution is 4.92. The van der Waals surface area contributed by atoms with Gasteiger partial charge in [0.25, 0.3) is 0 Å². The van der Waals surface area contributed by atoms with E-state index in [9.17, 15) is 5.11 Å². The molecule has 0 aliphatic carbocycles. The monoisotopic (exact) mass is 272 g/mol. The molecule has 0 aromatic rings. The van der Waals surface area contributed by atoms with Crippen LogP contribution in [0.1, 0.15) is 19.8 Å². The highest BCUT2D eigenvalue weighted by Crippen LogP contribution is 2.24. The van der Waals surface area contributed by atoms with Crippen LogP contribution in [0, 0.1) is 5.92 Å². The number of likely N-dealkylation sites (tertiary alicyclic amines) is 1. The summed E-state index contributed by atoms with van der Waals surface area (Å²) in [6.45, 7) is 6.97. The number of rotatable bonds is 7. The SMILES string of the molecule is COCC(C)OCC(O)CN1CC2CCCNC2C1. The third kappa shape index (κ3) is 4.68. The van der Waals surface area contributed by atoms with Gasteiger partial charge in [-0.25, -0.2) is 0 Å². The van der Waals surface area contributed by atoms with Crippen molar-refractivity contribution in [2.45, 2.75) is 38.0 Å². The summed E-state index contributed by atoms with van der Waals surface area (Å²) >= 11 is 0. The predicted molar refractivity (Wildman–Crippen MR) is 74.3 cm³/mol. The molecule has 0 spiro atoms. The summed E-state index contributed by atoms with van der Waals surface area (Å²) in [5, 5.41) is 13.6. The lowest BCUT2D eigenvalue weighted by Gasteiger charge is -2.24. The van der Waals surface area contributed by atoms with E-state index < -0.39 is 6.10 Å². The first-order chi connectivity index (χ1) is 9.19. The second-order valence-electron chi connectivity index (χ2n) is 5.93. The maximum absolute atomic E-state index is 10.0. The van der Waals surface area contributed by atoms with Crippen LogP contribution in [0.25, 0.3) is 0 Å². The van der Waals surface area contributed by atoms with Crippen LogP contribution in [0.3, 0.4) is 0 Å². The Balaban J connectivity index is 1.64. The molecule has 4 atom stereocenters. The summed E-state index contributed by atoms with van der Waals surface area (Å²) in [5.74, 6) is 0.772. The Bertz CT molecular complexity index is 251. The molecule has 5 heteroatoms. The number of ether oxygens (including phenoxy) is 2. The molecule has 0 amide bonds. The lowest BCUT2D eigenvalue weighted by atomic mass is 9.94. The number of aliphatic hydroxyl groups excluding tert-OH is 1. The van der Waals surface area contributed by atoms with Crippen molar-refractivity contribution in [2.75, 3.05) is 46.5 Å². The normalized spacial score (nSPS) is 31.1. The second kappa shape index (κ2) is 7.55.